The van der Waals surface area contributed by atoms with E-state index < -0.39 is 5.79 Å². The monoisotopic (exact) mass is 524 g/mol. The van der Waals surface area contributed by atoms with Crippen LogP contribution in [0.3, 0.4) is 0 Å². The molecule has 4 aliphatic rings. The number of ether oxygens (including phenoxy) is 1. The second kappa shape index (κ2) is 10.5. The summed E-state index contributed by atoms with van der Waals surface area (Å²) >= 11 is 0. The minimum atomic E-state index is -1.52. The van der Waals surface area contributed by atoms with E-state index in [-0.39, 0.29) is 34.7 Å². The normalized spacial score (nSPS) is 39.5. The highest BCUT2D eigenvalue weighted by atomic mass is 16.5. The zero-order valence-electron chi connectivity index (χ0n) is 24.5. The molecule has 4 nitrogen and oxygen atoms in total. The van der Waals surface area contributed by atoms with Gasteiger partial charge in [-0.25, -0.2) is 4.79 Å². The van der Waals surface area contributed by atoms with Crippen molar-refractivity contribution < 1.29 is 19.7 Å². The van der Waals surface area contributed by atoms with E-state index in [0.717, 1.165) is 32.1 Å². The Bertz CT molecular complexity index is 972. The average molecular weight is 525 g/mol. The van der Waals surface area contributed by atoms with Crippen LogP contribution in [0.5, 0.6) is 0 Å². The predicted molar refractivity (Wildman–Crippen MR) is 151 cm³/mol. The molecular formula is C34H52O4. The fraction of sp³-hybridized carbons (Fsp3) is 0.794. The lowest BCUT2D eigenvalue weighted by molar-refractivity contribution is -0.302. The second-order valence-electron chi connectivity index (χ2n) is 14.6. The highest BCUT2D eigenvalue weighted by Crippen LogP contribution is 2.69. The lowest BCUT2D eigenvalue weighted by Crippen LogP contribution is -2.63. The van der Waals surface area contributed by atoms with E-state index in [9.17, 15) is 15.0 Å². The van der Waals surface area contributed by atoms with Gasteiger partial charge in [0.25, 0.3) is 0 Å². The zero-order chi connectivity index (χ0) is 27.3. The van der Waals surface area contributed by atoms with E-state index in [0.29, 0.717) is 41.6 Å². The number of hydrogen-bond acceptors (Lipinski definition) is 4. The van der Waals surface area contributed by atoms with Gasteiger partial charge in [0.1, 0.15) is 6.10 Å². The van der Waals surface area contributed by atoms with E-state index in [2.05, 4.69) is 34.6 Å². The molecule has 4 fully saturated rings. The number of aliphatic hydroxyl groups is 2. The van der Waals surface area contributed by atoms with Crippen molar-refractivity contribution in [3.8, 4) is 0 Å². The molecule has 0 aliphatic heterocycles. The Morgan fingerprint density at radius 3 is 2.34 bits per heavy atom. The third-order valence-electron chi connectivity index (χ3n) is 12.3. The maximum Gasteiger partial charge on any atom is 0.338 e. The van der Waals surface area contributed by atoms with Gasteiger partial charge < -0.3 is 14.9 Å². The highest BCUT2D eigenvalue weighted by molar-refractivity contribution is 5.89. The minimum absolute atomic E-state index is 0.00744. The van der Waals surface area contributed by atoms with Crippen LogP contribution in [-0.4, -0.2) is 28.1 Å². The molecule has 0 aromatic heterocycles. The third kappa shape index (κ3) is 4.87. The quantitative estimate of drug-likeness (QED) is 0.284. The molecule has 4 saturated carbocycles. The van der Waals surface area contributed by atoms with Crippen LogP contribution in [0.4, 0.5) is 0 Å². The molecular weight excluding hydrogens is 472 g/mol. The Morgan fingerprint density at radius 2 is 1.63 bits per heavy atom. The minimum Gasteiger partial charge on any atom is -0.459 e. The molecule has 212 valence electrons. The number of carbonyl (C=O) groups excluding carboxylic acids is 1. The fourth-order valence-electron chi connectivity index (χ4n) is 10.2. The molecule has 2 N–H and O–H groups in total. The summed E-state index contributed by atoms with van der Waals surface area (Å²) in [6.07, 6.45) is 12.0. The third-order valence-corrected chi connectivity index (χ3v) is 12.3. The Morgan fingerprint density at radius 1 is 0.921 bits per heavy atom. The van der Waals surface area contributed by atoms with Crippen molar-refractivity contribution in [3.63, 3.8) is 0 Å². The van der Waals surface area contributed by atoms with Crippen LogP contribution in [0.15, 0.2) is 30.3 Å². The maximum atomic E-state index is 12.8. The molecule has 0 saturated heterocycles. The van der Waals surface area contributed by atoms with Gasteiger partial charge in [0, 0.05) is 12.3 Å². The van der Waals surface area contributed by atoms with Gasteiger partial charge in [0.2, 0.25) is 0 Å². The standard InChI is InChI=1S/C34H52O4/c1-22(2)29(38-31(35)24-11-7-6-8-12-24)17-14-23(3)26-15-16-27-30-28(18-20-33(26,27)5)32(4)19-10-9-13-25(32)21-34(30,36)37/h6-8,11-12,22-23,25-30,36-37H,9-10,13-21H2,1-5H3/t23-,25?,26-,27+,28+,29?,30+,32+,33-/m1/s1. The van der Waals surface area contributed by atoms with Crippen LogP contribution in [0.1, 0.15) is 116 Å². The predicted octanol–water partition coefficient (Wildman–Crippen LogP) is 7.62. The molecule has 4 heteroatoms. The molecule has 9 atom stereocenters. The number of rotatable bonds is 7. The van der Waals surface area contributed by atoms with Crippen LogP contribution >= 0.6 is 0 Å². The van der Waals surface area contributed by atoms with Gasteiger partial charge >= 0.3 is 5.97 Å². The SMILES string of the molecule is CC(C)C(CC[C@@H](C)[C@H]1CC[C@H]2[C@H]3[C@H](CC[C@]12C)[C@@]1(C)CCCCC1CC3(O)O)OC(=O)c1ccccc1. The van der Waals surface area contributed by atoms with E-state index in [1.807, 2.05) is 30.3 Å². The van der Waals surface area contributed by atoms with Crippen molar-refractivity contribution in [2.75, 3.05) is 0 Å². The first-order chi connectivity index (χ1) is 18.0. The summed E-state index contributed by atoms with van der Waals surface area (Å²) in [6, 6.07) is 9.32. The van der Waals surface area contributed by atoms with E-state index in [1.165, 1.54) is 32.1 Å². The highest BCUT2D eigenvalue weighted by Gasteiger charge is 2.66. The number of fused-ring (bicyclic) bond motifs is 5. The van der Waals surface area contributed by atoms with Crippen molar-refractivity contribution in [3.05, 3.63) is 35.9 Å². The van der Waals surface area contributed by atoms with Gasteiger partial charge in [-0.05, 0) is 110 Å². The smallest absolute Gasteiger partial charge is 0.338 e. The molecule has 38 heavy (non-hydrogen) atoms. The summed E-state index contributed by atoms with van der Waals surface area (Å²) in [5.41, 5.74) is 1.05. The first kappa shape index (κ1) is 28.1. The average Bonchev–Trinajstić information content (AvgIpc) is 3.23. The molecule has 4 aliphatic carbocycles. The topological polar surface area (TPSA) is 66.8 Å². The van der Waals surface area contributed by atoms with Crippen molar-refractivity contribution in [1.29, 1.82) is 0 Å². The van der Waals surface area contributed by atoms with Gasteiger partial charge in [0.15, 0.2) is 5.79 Å². The van der Waals surface area contributed by atoms with E-state index in [1.54, 1.807) is 0 Å². The Balaban J connectivity index is 1.27. The van der Waals surface area contributed by atoms with Gasteiger partial charge in [-0.3, -0.25) is 0 Å². The van der Waals surface area contributed by atoms with Crippen LogP contribution in [0.2, 0.25) is 0 Å². The van der Waals surface area contributed by atoms with Crippen LogP contribution < -0.4 is 0 Å². The number of hydrogen-bond donors (Lipinski definition) is 2. The molecule has 1 aromatic carbocycles. The molecule has 2 unspecified atom stereocenters. The van der Waals surface area contributed by atoms with Crippen LogP contribution in [-0.2, 0) is 4.74 Å². The second-order valence-corrected chi connectivity index (χ2v) is 14.6. The lowest BCUT2D eigenvalue weighted by Gasteiger charge is -2.64. The summed E-state index contributed by atoms with van der Waals surface area (Å²) in [5, 5.41) is 23.1. The Kier molecular flexibility index (Phi) is 7.81. The molecule has 1 aromatic rings. The molecule has 0 amide bonds. The number of carbonyl (C=O) groups is 1. The summed E-state index contributed by atoms with van der Waals surface area (Å²) in [7, 11) is 0. The molecule has 5 rings (SSSR count). The van der Waals surface area contributed by atoms with Crippen molar-refractivity contribution in [1.82, 2.24) is 0 Å². The maximum absolute atomic E-state index is 12.8. The van der Waals surface area contributed by atoms with Gasteiger partial charge in [-0.15, -0.1) is 0 Å². The van der Waals surface area contributed by atoms with Gasteiger partial charge in [0.05, 0.1) is 5.56 Å². The largest absolute Gasteiger partial charge is 0.459 e. The molecule has 0 radical (unpaired) electrons. The molecule has 0 heterocycles. The van der Waals surface area contributed by atoms with Crippen molar-refractivity contribution in [2.24, 2.45) is 52.3 Å². The summed E-state index contributed by atoms with van der Waals surface area (Å²) in [6.45, 7) is 11.6. The zero-order valence-corrected chi connectivity index (χ0v) is 24.5. The van der Waals surface area contributed by atoms with Crippen LogP contribution in [0.25, 0.3) is 0 Å². The van der Waals surface area contributed by atoms with Crippen LogP contribution in [0, 0.1) is 52.3 Å². The lowest BCUT2D eigenvalue weighted by atomic mass is 9.43. The first-order valence-corrected chi connectivity index (χ1v) is 15.7. The number of esters is 1. The van der Waals surface area contributed by atoms with Crippen molar-refractivity contribution >= 4 is 5.97 Å². The van der Waals surface area contributed by atoms with Crippen molar-refractivity contribution in [2.45, 2.75) is 117 Å². The van der Waals surface area contributed by atoms with Gasteiger partial charge in [-0.2, -0.15) is 0 Å². The Hall–Kier alpha value is -1.39. The van der Waals surface area contributed by atoms with E-state index >= 15 is 0 Å². The fourth-order valence-corrected chi connectivity index (χ4v) is 10.2. The molecule has 0 bridgehead atoms. The van der Waals surface area contributed by atoms with E-state index in [4.69, 9.17) is 4.74 Å². The van der Waals surface area contributed by atoms with Gasteiger partial charge in [-0.1, -0.05) is 65.7 Å². The first-order valence-electron chi connectivity index (χ1n) is 15.7. The summed E-state index contributed by atoms with van der Waals surface area (Å²) in [5.74, 6) is 0.917. The Labute approximate surface area is 230 Å². The molecule has 0 spiro atoms. The summed E-state index contributed by atoms with van der Waals surface area (Å²) < 4.78 is 6.00. The summed E-state index contributed by atoms with van der Waals surface area (Å²) in [4.78, 5) is 12.8. The number of benzene rings is 1.